The van der Waals surface area contributed by atoms with Crippen LogP contribution in [0.1, 0.15) is 12.5 Å². The van der Waals surface area contributed by atoms with E-state index in [0.29, 0.717) is 12.1 Å². The van der Waals surface area contributed by atoms with Crippen molar-refractivity contribution in [2.45, 2.75) is 13.5 Å². The molecule has 2 nitrogen and oxygen atoms in total. The van der Waals surface area contributed by atoms with Gasteiger partial charge in [0.15, 0.2) is 0 Å². The number of hydrogen-bond acceptors (Lipinski definition) is 1. The van der Waals surface area contributed by atoms with E-state index in [4.69, 9.17) is 5.26 Å². The summed E-state index contributed by atoms with van der Waals surface area (Å²) in [6.07, 6.45) is 2.00. The SMILES string of the molecule is CC#CCn1ccc2ccc(C#N)cc21. The van der Waals surface area contributed by atoms with Gasteiger partial charge in [0.1, 0.15) is 0 Å². The van der Waals surface area contributed by atoms with Crippen molar-refractivity contribution in [1.29, 1.82) is 5.26 Å². The summed E-state index contributed by atoms with van der Waals surface area (Å²) in [4.78, 5) is 0. The van der Waals surface area contributed by atoms with Crippen molar-refractivity contribution in [2.24, 2.45) is 0 Å². The van der Waals surface area contributed by atoms with Crippen LogP contribution in [0.5, 0.6) is 0 Å². The van der Waals surface area contributed by atoms with Crippen LogP contribution >= 0.6 is 0 Å². The van der Waals surface area contributed by atoms with Gasteiger partial charge in [-0.15, -0.1) is 5.92 Å². The minimum absolute atomic E-state index is 0.675. The van der Waals surface area contributed by atoms with Crippen LogP contribution in [-0.4, -0.2) is 4.57 Å². The highest BCUT2D eigenvalue weighted by molar-refractivity contribution is 5.81. The Morgan fingerprint density at radius 1 is 1.33 bits per heavy atom. The van der Waals surface area contributed by atoms with Crippen molar-refractivity contribution in [3.63, 3.8) is 0 Å². The molecule has 0 aliphatic carbocycles. The Morgan fingerprint density at radius 3 is 2.93 bits per heavy atom. The summed E-state index contributed by atoms with van der Waals surface area (Å²) in [6.45, 7) is 2.50. The molecule has 1 aromatic heterocycles. The smallest absolute Gasteiger partial charge is 0.0992 e. The van der Waals surface area contributed by atoms with Gasteiger partial charge >= 0.3 is 0 Å². The molecule has 2 aromatic rings. The van der Waals surface area contributed by atoms with Gasteiger partial charge in [-0.1, -0.05) is 12.0 Å². The maximum absolute atomic E-state index is 8.81. The van der Waals surface area contributed by atoms with Crippen LogP contribution in [0.2, 0.25) is 0 Å². The molecule has 2 rings (SSSR count). The van der Waals surface area contributed by atoms with Crippen LogP contribution in [0, 0.1) is 23.2 Å². The minimum atomic E-state index is 0.675. The van der Waals surface area contributed by atoms with E-state index in [9.17, 15) is 0 Å². The lowest BCUT2D eigenvalue weighted by atomic mass is 10.2. The van der Waals surface area contributed by atoms with E-state index in [-0.39, 0.29) is 0 Å². The first-order valence-corrected chi connectivity index (χ1v) is 4.74. The lowest BCUT2D eigenvalue weighted by molar-refractivity contribution is 0.885. The van der Waals surface area contributed by atoms with Crippen molar-refractivity contribution < 1.29 is 0 Å². The maximum Gasteiger partial charge on any atom is 0.0992 e. The van der Waals surface area contributed by atoms with E-state index in [1.807, 2.05) is 42.0 Å². The Bertz CT molecular complexity index is 588. The van der Waals surface area contributed by atoms with E-state index in [0.717, 1.165) is 10.9 Å². The van der Waals surface area contributed by atoms with Gasteiger partial charge in [0.2, 0.25) is 0 Å². The van der Waals surface area contributed by atoms with Crippen molar-refractivity contribution in [3.8, 4) is 17.9 Å². The fraction of sp³-hybridized carbons (Fsp3) is 0.154. The minimum Gasteiger partial charge on any atom is -0.336 e. The van der Waals surface area contributed by atoms with Gasteiger partial charge < -0.3 is 4.57 Å². The topological polar surface area (TPSA) is 28.7 Å². The van der Waals surface area contributed by atoms with Gasteiger partial charge in [0, 0.05) is 6.20 Å². The highest BCUT2D eigenvalue weighted by Gasteiger charge is 2.00. The Hall–Kier alpha value is -2.19. The Morgan fingerprint density at radius 2 is 2.20 bits per heavy atom. The van der Waals surface area contributed by atoms with Gasteiger partial charge in [-0.2, -0.15) is 5.26 Å². The fourth-order valence-corrected chi connectivity index (χ4v) is 1.56. The average Bonchev–Trinajstić information content (AvgIpc) is 2.68. The molecule has 0 aliphatic rings. The molecule has 0 spiro atoms. The Balaban J connectivity index is 2.55. The van der Waals surface area contributed by atoms with Gasteiger partial charge in [-0.25, -0.2) is 0 Å². The van der Waals surface area contributed by atoms with Crippen molar-refractivity contribution in [1.82, 2.24) is 4.57 Å². The lowest BCUT2D eigenvalue weighted by Crippen LogP contribution is -1.92. The number of nitriles is 1. The normalized spacial score (nSPS) is 9.33. The van der Waals surface area contributed by atoms with Crippen LogP contribution in [0.15, 0.2) is 30.5 Å². The monoisotopic (exact) mass is 194 g/mol. The molecule has 0 unspecified atom stereocenters. The van der Waals surface area contributed by atoms with Crippen LogP contribution < -0.4 is 0 Å². The second-order valence-corrected chi connectivity index (χ2v) is 3.26. The molecular formula is C13H10N2. The number of fused-ring (bicyclic) bond motifs is 1. The summed E-state index contributed by atoms with van der Waals surface area (Å²) in [5.41, 5.74) is 1.75. The first-order valence-electron chi connectivity index (χ1n) is 4.74. The average molecular weight is 194 g/mol. The largest absolute Gasteiger partial charge is 0.336 e. The molecule has 15 heavy (non-hydrogen) atoms. The second kappa shape index (κ2) is 3.90. The molecule has 0 fully saturated rings. The third-order valence-electron chi connectivity index (χ3n) is 2.33. The molecule has 0 N–H and O–H groups in total. The molecule has 0 bridgehead atoms. The quantitative estimate of drug-likeness (QED) is 0.641. The number of benzene rings is 1. The van der Waals surface area contributed by atoms with Gasteiger partial charge in [0.05, 0.1) is 23.7 Å². The predicted molar refractivity (Wildman–Crippen MR) is 60.1 cm³/mol. The summed E-state index contributed by atoms with van der Waals surface area (Å²) in [5.74, 6) is 5.87. The first-order chi connectivity index (χ1) is 7.35. The van der Waals surface area contributed by atoms with Gasteiger partial charge in [0.25, 0.3) is 0 Å². The van der Waals surface area contributed by atoms with E-state index < -0.39 is 0 Å². The third kappa shape index (κ3) is 1.71. The zero-order valence-corrected chi connectivity index (χ0v) is 8.49. The molecule has 0 aliphatic heterocycles. The second-order valence-electron chi connectivity index (χ2n) is 3.26. The Kier molecular flexibility index (Phi) is 2.44. The number of hydrogen-bond donors (Lipinski definition) is 0. The molecule has 1 aromatic carbocycles. The zero-order chi connectivity index (χ0) is 10.7. The van der Waals surface area contributed by atoms with E-state index in [2.05, 4.69) is 17.9 Å². The molecule has 0 saturated carbocycles. The molecule has 0 amide bonds. The molecule has 72 valence electrons. The standard InChI is InChI=1S/C13H10N2/c1-2-3-7-15-8-6-12-5-4-11(10-14)9-13(12)15/h4-6,8-9H,7H2,1H3. The predicted octanol–water partition coefficient (Wildman–Crippen LogP) is 2.54. The lowest BCUT2D eigenvalue weighted by Gasteiger charge is -1.99. The summed E-state index contributed by atoms with van der Waals surface area (Å²) < 4.78 is 2.05. The first kappa shape index (κ1) is 9.37. The fourth-order valence-electron chi connectivity index (χ4n) is 1.56. The van der Waals surface area contributed by atoms with E-state index in [1.54, 1.807) is 0 Å². The molecular weight excluding hydrogens is 184 g/mol. The van der Waals surface area contributed by atoms with Crippen LogP contribution in [0.4, 0.5) is 0 Å². The summed E-state index contributed by atoms with van der Waals surface area (Å²) in [6, 6.07) is 9.87. The van der Waals surface area contributed by atoms with E-state index in [1.165, 1.54) is 0 Å². The summed E-state index contributed by atoms with van der Waals surface area (Å²) >= 11 is 0. The number of aromatic nitrogens is 1. The van der Waals surface area contributed by atoms with Gasteiger partial charge in [-0.3, -0.25) is 0 Å². The van der Waals surface area contributed by atoms with Crippen LogP contribution in [0.3, 0.4) is 0 Å². The number of rotatable bonds is 1. The maximum atomic E-state index is 8.81. The Labute approximate surface area is 88.7 Å². The molecule has 2 heteroatoms. The van der Waals surface area contributed by atoms with Crippen LogP contribution in [-0.2, 0) is 6.54 Å². The molecule has 0 radical (unpaired) electrons. The summed E-state index contributed by atoms with van der Waals surface area (Å²) in [5, 5.41) is 9.96. The highest BCUT2D eigenvalue weighted by Crippen LogP contribution is 2.17. The molecule has 1 heterocycles. The molecule has 0 saturated heterocycles. The summed E-state index contributed by atoms with van der Waals surface area (Å²) in [7, 11) is 0. The molecule has 0 atom stereocenters. The van der Waals surface area contributed by atoms with Gasteiger partial charge in [-0.05, 0) is 30.5 Å². The zero-order valence-electron chi connectivity index (χ0n) is 8.49. The third-order valence-corrected chi connectivity index (χ3v) is 2.33. The van der Waals surface area contributed by atoms with Crippen molar-refractivity contribution in [2.75, 3.05) is 0 Å². The van der Waals surface area contributed by atoms with Crippen molar-refractivity contribution in [3.05, 3.63) is 36.0 Å². The van der Waals surface area contributed by atoms with Crippen molar-refractivity contribution >= 4 is 10.9 Å². The highest BCUT2D eigenvalue weighted by atomic mass is 14.9. The van der Waals surface area contributed by atoms with E-state index >= 15 is 0 Å². The number of nitrogens with zero attached hydrogens (tertiary/aromatic N) is 2. The van der Waals surface area contributed by atoms with Crippen LogP contribution in [0.25, 0.3) is 10.9 Å².